The number of unbranched alkanes of at least 4 members (excludes halogenated alkanes) is 2. The van der Waals surface area contributed by atoms with Crippen molar-refractivity contribution in [3.8, 4) is 0 Å². The fraction of sp³-hybridized carbons (Fsp3) is 0.500. The van der Waals surface area contributed by atoms with E-state index < -0.39 is 5.92 Å². The molecule has 3 rings (SSSR count). The highest BCUT2D eigenvalue weighted by Crippen LogP contribution is 2.47. The molecule has 0 amide bonds. The second-order valence-electron chi connectivity index (χ2n) is 8.79. The van der Waals surface area contributed by atoms with Crippen LogP contribution >= 0.6 is 11.6 Å². The van der Waals surface area contributed by atoms with Gasteiger partial charge in [-0.25, -0.2) is 4.79 Å². The summed E-state index contributed by atoms with van der Waals surface area (Å²) < 4.78 is 5.59. The van der Waals surface area contributed by atoms with Crippen molar-refractivity contribution >= 4 is 23.4 Å². The number of Topliss-reactive ketones (excluding diaryl/α,β-unsaturated/α-hetero) is 1. The van der Waals surface area contributed by atoms with Crippen LogP contribution < -0.4 is 5.32 Å². The average molecular weight is 416 g/mol. The van der Waals surface area contributed by atoms with Gasteiger partial charge in [0.2, 0.25) is 0 Å². The molecule has 0 fully saturated rings. The van der Waals surface area contributed by atoms with Crippen LogP contribution in [0.4, 0.5) is 0 Å². The normalized spacial score (nSPS) is 21.0. The largest absolute Gasteiger partial charge is 0.462 e. The lowest BCUT2D eigenvalue weighted by atomic mass is 9.68. The maximum atomic E-state index is 13.2. The first-order valence-corrected chi connectivity index (χ1v) is 10.8. The summed E-state index contributed by atoms with van der Waals surface area (Å²) in [5.74, 6) is -0.806. The van der Waals surface area contributed by atoms with E-state index in [1.54, 1.807) is 6.07 Å². The van der Waals surface area contributed by atoms with Crippen LogP contribution in [0.15, 0.2) is 46.8 Å². The van der Waals surface area contributed by atoms with E-state index in [4.69, 9.17) is 16.3 Å². The SMILES string of the molecule is CCCCCOC(=O)C1=C(C)NC2=C(C(=O)CC(C)(C)C2)C1c1ccccc1Cl. The molecule has 4 nitrogen and oxygen atoms in total. The van der Waals surface area contributed by atoms with Crippen molar-refractivity contribution < 1.29 is 14.3 Å². The highest BCUT2D eigenvalue weighted by Gasteiger charge is 2.43. The van der Waals surface area contributed by atoms with Gasteiger partial charge in [0.25, 0.3) is 0 Å². The predicted octanol–water partition coefficient (Wildman–Crippen LogP) is 5.68. The first-order valence-electron chi connectivity index (χ1n) is 10.4. The zero-order valence-corrected chi connectivity index (χ0v) is 18.5. The third-order valence-corrected chi connectivity index (χ3v) is 6.00. The zero-order chi connectivity index (χ0) is 21.2. The Labute approximate surface area is 178 Å². The Hall–Kier alpha value is -2.07. The second kappa shape index (κ2) is 8.74. The third kappa shape index (κ3) is 4.58. The number of carbonyl (C=O) groups excluding carboxylic acids is 2. The van der Waals surface area contributed by atoms with Gasteiger partial charge in [0, 0.05) is 34.3 Å². The van der Waals surface area contributed by atoms with E-state index in [0.29, 0.717) is 29.2 Å². The van der Waals surface area contributed by atoms with Gasteiger partial charge in [-0.1, -0.05) is 63.4 Å². The van der Waals surface area contributed by atoms with E-state index in [2.05, 4.69) is 26.1 Å². The number of dihydropyridines is 1. The Morgan fingerprint density at radius 2 is 1.97 bits per heavy atom. The first kappa shape index (κ1) is 21.6. The van der Waals surface area contributed by atoms with Gasteiger partial charge in [-0.15, -0.1) is 0 Å². The maximum Gasteiger partial charge on any atom is 0.336 e. The lowest BCUT2D eigenvalue weighted by molar-refractivity contribution is -0.139. The molecule has 0 saturated carbocycles. The van der Waals surface area contributed by atoms with Gasteiger partial charge in [-0.3, -0.25) is 4.79 Å². The van der Waals surface area contributed by atoms with E-state index in [0.717, 1.165) is 42.6 Å². The van der Waals surface area contributed by atoms with Crippen LogP contribution in [0.1, 0.15) is 71.3 Å². The highest BCUT2D eigenvalue weighted by molar-refractivity contribution is 6.31. The van der Waals surface area contributed by atoms with Crippen molar-refractivity contribution in [2.75, 3.05) is 6.61 Å². The molecule has 1 N–H and O–H groups in total. The fourth-order valence-corrected chi connectivity index (χ4v) is 4.57. The monoisotopic (exact) mass is 415 g/mol. The molecule has 1 aromatic carbocycles. The van der Waals surface area contributed by atoms with E-state index in [-0.39, 0.29) is 17.2 Å². The van der Waals surface area contributed by atoms with Crippen LogP contribution in [0.2, 0.25) is 5.02 Å². The first-order chi connectivity index (χ1) is 13.7. The lowest BCUT2D eigenvalue weighted by Gasteiger charge is -2.39. The van der Waals surface area contributed by atoms with Gasteiger partial charge >= 0.3 is 5.97 Å². The topological polar surface area (TPSA) is 55.4 Å². The summed E-state index contributed by atoms with van der Waals surface area (Å²) in [6.45, 7) is 8.56. The molecule has 1 heterocycles. The molecule has 0 aromatic heterocycles. The van der Waals surface area contributed by atoms with Crippen molar-refractivity contribution in [1.82, 2.24) is 5.32 Å². The molecule has 0 spiro atoms. The molecule has 5 heteroatoms. The predicted molar refractivity (Wildman–Crippen MR) is 116 cm³/mol. The molecule has 2 aliphatic rings. The van der Waals surface area contributed by atoms with E-state index in [1.807, 2.05) is 25.1 Å². The number of nitrogens with one attached hydrogen (secondary N) is 1. The number of hydrogen-bond acceptors (Lipinski definition) is 4. The molecule has 0 bridgehead atoms. The number of allylic oxidation sites excluding steroid dienone is 3. The Morgan fingerprint density at radius 3 is 2.66 bits per heavy atom. The summed E-state index contributed by atoms with van der Waals surface area (Å²) >= 11 is 6.53. The molecule has 1 unspecified atom stereocenters. The van der Waals surface area contributed by atoms with Gasteiger partial charge in [-0.05, 0) is 36.8 Å². The molecule has 29 heavy (non-hydrogen) atoms. The minimum atomic E-state index is -0.498. The van der Waals surface area contributed by atoms with Gasteiger partial charge in [0.1, 0.15) is 0 Å². The van der Waals surface area contributed by atoms with Crippen LogP contribution in [0.3, 0.4) is 0 Å². The van der Waals surface area contributed by atoms with Crippen LogP contribution in [-0.2, 0) is 14.3 Å². The number of hydrogen-bond donors (Lipinski definition) is 1. The Kier molecular flexibility index (Phi) is 6.52. The van der Waals surface area contributed by atoms with Crippen LogP contribution in [0.25, 0.3) is 0 Å². The van der Waals surface area contributed by atoms with Crippen LogP contribution in [-0.4, -0.2) is 18.4 Å². The van der Waals surface area contributed by atoms with Crippen LogP contribution in [0, 0.1) is 5.41 Å². The molecular weight excluding hydrogens is 386 g/mol. The molecule has 1 aliphatic carbocycles. The quantitative estimate of drug-likeness (QED) is 0.479. The molecular formula is C24H30ClNO3. The Bertz CT molecular complexity index is 882. The fourth-order valence-electron chi connectivity index (χ4n) is 4.32. The number of carbonyl (C=O) groups is 2. The minimum Gasteiger partial charge on any atom is -0.462 e. The van der Waals surface area contributed by atoms with Crippen molar-refractivity contribution in [2.45, 2.75) is 65.7 Å². The summed E-state index contributed by atoms with van der Waals surface area (Å²) in [6.07, 6.45) is 4.11. The number of rotatable bonds is 6. The Morgan fingerprint density at radius 1 is 1.24 bits per heavy atom. The summed E-state index contributed by atoms with van der Waals surface area (Å²) in [4.78, 5) is 26.3. The molecule has 0 saturated heterocycles. The number of ketones is 1. The standard InChI is InChI=1S/C24H30ClNO3/c1-5-6-9-12-29-23(28)20-15(2)26-18-13-24(3,4)14-19(27)22(18)21(20)16-10-7-8-11-17(16)25/h7-8,10-11,21,26H,5-6,9,12-14H2,1-4H3. The number of halogens is 1. The van der Waals surface area contributed by atoms with Gasteiger partial charge in [0.05, 0.1) is 12.2 Å². The number of esters is 1. The molecule has 0 radical (unpaired) electrons. The number of benzene rings is 1. The van der Waals surface area contributed by atoms with Crippen molar-refractivity contribution in [3.63, 3.8) is 0 Å². The average Bonchev–Trinajstić information content (AvgIpc) is 2.63. The minimum absolute atomic E-state index is 0.0671. The van der Waals surface area contributed by atoms with Crippen molar-refractivity contribution in [1.29, 1.82) is 0 Å². The highest BCUT2D eigenvalue weighted by atomic mass is 35.5. The third-order valence-electron chi connectivity index (χ3n) is 5.66. The van der Waals surface area contributed by atoms with E-state index in [1.165, 1.54) is 0 Å². The summed E-state index contributed by atoms with van der Waals surface area (Å²) in [7, 11) is 0. The molecule has 1 aromatic rings. The summed E-state index contributed by atoms with van der Waals surface area (Å²) in [5, 5.41) is 3.90. The second-order valence-corrected chi connectivity index (χ2v) is 9.20. The smallest absolute Gasteiger partial charge is 0.336 e. The Balaban J connectivity index is 2.05. The van der Waals surface area contributed by atoms with Crippen LogP contribution in [0.5, 0.6) is 0 Å². The van der Waals surface area contributed by atoms with Crippen molar-refractivity contribution in [2.24, 2.45) is 5.41 Å². The molecule has 1 aliphatic heterocycles. The van der Waals surface area contributed by atoms with Crippen molar-refractivity contribution in [3.05, 3.63) is 57.4 Å². The molecule has 156 valence electrons. The summed E-state index contributed by atoms with van der Waals surface area (Å²) in [6, 6.07) is 7.44. The van der Waals surface area contributed by atoms with E-state index in [9.17, 15) is 9.59 Å². The lowest BCUT2D eigenvalue weighted by Crippen LogP contribution is -2.38. The number of ether oxygens (including phenoxy) is 1. The van der Waals surface area contributed by atoms with Gasteiger partial charge < -0.3 is 10.1 Å². The van der Waals surface area contributed by atoms with E-state index >= 15 is 0 Å². The maximum absolute atomic E-state index is 13.2. The summed E-state index contributed by atoms with van der Waals surface area (Å²) in [5.41, 5.74) is 3.43. The zero-order valence-electron chi connectivity index (χ0n) is 17.7. The molecule has 1 atom stereocenters. The van der Waals surface area contributed by atoms with Gasteiger partial charge in [-0.2, -0.15) is 0 Å². The van der Waals surface area contributed by atoms with Gasteiger partial charge in [0.15, 0.2) is 5.78 Å².